The molecule has 0 radical (unpaired) electrons. The number of unbranched alkanes of at least 4 members (excludes halogenated alkanes) is 1. The van der Waals surface area contributed by atoms with Crippen molar-refractivity contribution in [2.45, 2.75) is 57.7 Å². The van der Waals surface area contributed by atoms with E-state index in [2.05, 4.69) is 16.5 Å². The molecule has 22 heavy (non-hydrogen) atoms. The molecular weight excluding hydrogens is 295 g/mol. The predicted molar refractivity (Wildman–Crippen MR) is 76.4 cm³/mol. The molecule has 0 saturated carbocycles. The number of rotatable bonds is 5. The van der Waals surface area contributed by atoms with Crippen LogP contribution in [-0.4, -0.2) is 39.6 Å². The van der Waals surface area contributed by atoms with Gasteiger partial charge in [0.1, 0.15) is 12.2 Å². The van der Waals surface area contributed by atoms with E-state index in [1.807, 2.05) is 6.20 Å². The van der Waals surface area contributed by atoms with Crippen molar-refractivity contribution in [3.8, 4) is 0 Å². The first kappa shape index (κ1) is 16.8. The van der Waals surface area contributed by atoms with Crippen LogP contribution in [0.4, 0.5) is 13.2 Å². The standard InChI is InChI=1S/C15H22F3N3O/c1-2-3-7-21-10-6-19-14(21)12-4-8-20(9-5-12)13(22)11-15(16,17)18/h6,10,12H,2-5,7-9,11H2,1H3. The quantitative estimate of drug-likeness (QED) is 0.835. The number of aromatic nitrogens is 2. The summed E-state index contributed by atoms with van der Waals surface area (Å²) in [5.41, 5.74) is 0. The Hall–Kier alpha value is -1.53. The second-order valence-corrected chi connectivity index (χ2v) is 5.78. The number of imidazole rings is 1. The van der Waals surface area contributed by atoms with Crippen molar-refractivity contribution >= 4 is 5.91 Å². The normalized spacial score (nSPS) is 17.0. The number of piperidine rings is 1. The molecule has 0 N–H and O–H groups in total. The van der Waals surface area contributed by atoms with Crippen molar-refractivity contribution in [3.63, 3.8) is 0 Å². The number of hydrogen-bond acceptors (Lipinski definition) is 2. The van der Waals surface area contributed by atoms with Crippen molar-refractivity contribution in [2.24, 2.45) is 0 Å². The number of carbonyl (C=O) groups excluding carboxylic acids is 1. The zero-order valence-corrected chi connectivity index (χ0v) is 12.8. The summed E-state index contributed by atoms with van der Waals surface area (Å²) in [4.78, 5) is 17.3. The zero-order chi connectivity index (χ0) is 16.2. The van der Waals surface area contributed by atoms with E-state index in [0.29, 0.717) is 25.9 Å². The van der Waals surface area contributed by atoms with E-state index in [1.54, 1.807) is 6.20 Å². The number of amides is 1. The Labute approximate surface area is 128 Å². The van der Waals surface area contributed by atoms with E-state index in [1.165, 1.54) is 4.90 Å². The molecule has 1 aliphatic heterocycles. The van der Waals surface area contributed by atoms with Crippen LogP contribution in [0.1, 0.15) is 50.8 Å². The Morgan fingerprint density at radius 1 is 1.36 bits per heavy atom. The third-order valence-corrected chi connectivity index (χ3v) is 4.06. The molecule has 1 amide bonds. The average Bonchev–Trinajstić information content (AvgIpc) is 2.91. The molecule has 2 heterocycles. The lowest BCUT2D eigenvalue weighted by Gasteiger charge is -2.32. The minimum absolute atomic E-state index is 0.224. The number of hydrogen-bond donors (Lipinski definition) is 0. The Balaban J connectivity index is 1.89. The van der Waals surface area contributed by atoms with Gasteiger partial charge in [0, 0.05) is 37.9 Å². The third kappa shape index (κ3) is 4.48. The van der Waals surface area contributed by atoms with Gasteiger partial charge in [-0.25, -0.2) is 4.98 Å². The fraction of sp³-hybridized carbons (Fsp3) is 0.733. The molecule has 0 aromatic carbocycles. The van der Waals surface area contributed by atoms with E-state index in [0.717, 1.165) is 25.2 Å². The Kier molecular flexibility index (Phi) is 5.47. The number of likely N-dealkylation sites (tertiary alicyclic amines) is 1. The monoisotopic (exact) mass is 317 g/mol. The van der Waals surface area contributed by atoms with Crippen LogP contribution in [0, 0.1) is 0 Å². The van der Waals surface area contributed by atoms with Crippen molar-refractivity contribution in [3.05, 3.63) is 18.2 Å². The summed E-state index contributed by atoms with van der Waals surface area (Å²) in [5, 5.41) is 0. The fourth-order valence-electron chi connectivity index (χ4n) is 2.87. The van der Waals surface area contributed by atoms with Crippen molar-refractivity contribution in [2.75, 3.05) is 13.1 Å². The molecule has 7 heteroatoms. The number of alkyl halides is 3. The van der Waals surface area contributed by atoms with E-state index in [-0.39, 0.29) is 5.92 Å². The van der Waals surface area contributed by atoms with Gasteiger partial charge in [0.05, 0.1) is 0 Å². The van der Waals surface area contributed by atoms with Gasteiger partial charge in [-0.3, -0.25) is 4.79 Å². The van der Waals surface area contributed by atoms with Gasteiger partial charge >= 0.3 is 6.18 Å². The van der Waals surface area contributed by atoms with Gasteiger partial charge in [-0.05, 0) is 19.3 Å². The number of nitrogens with zero attached hydrogens (tertiary/aromatic N) is 3. The highest BCUT2D eigenvalue weighted by atomic mass is 19.4. The first-order chi connectivity index (χ1) is 10.4. The van der Waals surface area contributed by atoms with Crippen LogP contribution < -0.4 is 0 Å². The molecule has 0 bridgehead atoms. The van der Waals surface area contributed by atoms with Gasteiger partial charge in [-0.15, -0.1) is 0 Å². The Bertz CT molecular complexity index is 490. The summed E-state index contributed by atoms with van der Waals surface area (Å²) in [6.45, 7) is 3.79. The molecule has 0 unspecified atom stereocenters. The minimum atomic E-state index is -4.43. The van der Waals surface area contributed by atoms with Crippen LogP contribution in [-0.2, 0) is 11.3 Å². The molecule has 0 aliphatic carbocycles. The number of carbonyl (C=O) groups is 1. The summed E-state index contributed by atoms with van der Waals surface area (Å²) in [6.07, 6.45) is 1.46. The molecule has 1 fully saturated rings. The molecular formula is C15H22F3N3O. The van der Waals surface area contributed by atoms with Crippen LogP contribution in [0.5, 0.6) is 0 Å². The van der Waals surface area contributed by atoms with Gasteiger partial charge in [0.25, 0.3) is 0 Å². The summed E-state index contributed by atoms with van der Waals surface area (Å²) in [7, 11) is 0. The molecule has 1 saturated heterocycles. The van der Waals surface area contributed by atoms with Gasteiger partial charge in [-0.2, -0.15) is 13.2 Å². The maximum Gasteiger partial charge on any atom is 0.397 e. The Morgan fingerprint density at radius 3 is 2.64 bits per heavy atom. The SMILES string of the molecule is CCCCn1ccnc1C1CCN(C(=O)CC(F)(F)F)CC1. The first-order valence-electron chi connectivity index (χ1n) is 7.76. The maximum atomic E-state index is 12.3. The van der Waals surface area contributed by atoms with Gasteiger partial charge < -0.3 is 9.47 Å². The van der Waals surface area contributed by atoms with Gasteiger partial charge in [0.2, 0.25) is 5.91 Å². The summed E-state index contributed by atoms with van der Waals surface area (Å²) in [6, 6.07) is 0. The van der Waals surface area contributed by atoms with E-state index >= 15 is 0 Å². The van der Waals surface area contributed by atoms with Crippen LogP contribution in [0.25, 0.3) is 0 Å². The third-order valence-electron chi connectivity index (χ3n) is 4.06. The van der Waals surface area contributed by atoms with Crippen LogP contribution in [0.15, 0.2) is 12.4 Å². The van der Waals surface area contributed by atoms with Crippen LogP contribution >= 0.6 is 0 Å². The molecule has 0 spiro atoms. The van der Waals surface area contributed by atoms with Crippen molar-refractivity contribution < 1.29 is 18.0 Å². The fourth-order valence-corrected chi connectivity index (χ4v) is 2.87. The first-order valence-corrected chi connectivity index (χ1v) is 7.76. The second-order valence-electron chi connectivity index (χ2n) is 5.78. The lowest BCUT2D eigenvalue weighted by molar-refractivity contribution is -0.162. The molecule has 4 nitrogen and oxygen atoms in total. The highest BCUT2D eigenvalue weighted by Gasteiger charge is 2.35. The van der Waals surface area contributed by atoms with Gasteiger partial charge in [0.15, 0.2) is 0 Å². The van der Waals surface area contributed by atoms with E-state index < -0.39 is 18.5 Å². The minimum Gasteiger partial charge on any atom is -0.342 e. The summed E-state index contributed by atoms with van der Waals surface area (Å²) < 4.78 is 38.9. The molecule has 124 valence electrons. The molecule has 2 rings (SSSR count). The number of aryl methyl sites for hydroxylation is 1. The second kappa shape index (κ2) is 7.15. The zero-order valence-electron chi connectivity index (χ0n) is 12.8. The predicted octanol–water partition coefficient (Wildman–Crippen LogP) is 3.34. The summed E-state index contributed by atoms with van der Waals surface area (Å²) >= 11 is 0. The van der Waals surface area contributed by atoms with Crippen LogP contribution in [0.2, 0.25) is 0 Å². The molecule has 1 aromatic rings. The Morgan fingerprint density at radius 2 is 2.05 bits per heavy atom. The van der Waals surface area contributed by atoms with Crippen molar-refractivity contribution in [1.82, 2.24) is 14.5 Å². The highest BCUT2D eigenvalue weighted by Crippen LogP contribution is 2.29. The highest BCUT2D eigenvalue weighted by molar-refractivity contribution is 5.76. The topological polar surface area (TPSA) is 38.1 Å². The average molecular weight is 317 g/mol. The smallest absolute Gasteiger partial charge is 0.342 e. The van der Waals surface area contributed by atoms with Crippen molar-refractivity contribution in [1.29, 1.82) is 0 Å². The summed E-state index contributed by atoms with van der Waals surface area (Å²) in [5.74, 6) is 0.401. The van der Waals surface area contributed by atoms with E-state index in [9.17, 15) is 18.0 Å². The molecule has 1 aromatic heterocycles. The maximum absolute atomic E-state index is 12.3. The number of halogens is 3. The van der Waals surface area contributed by atoms with Gasteiger partial charge in [-0.1, -0.05) is 13.3 Å². The lowest BCUT2D eigenvalue weighted by Crippen LogP contribution is -2.40. The molecule has 1 aliphatic rings. The van der Waals surface area contributed by atoms with E-state index in [4.69, 9.17) is 0 Å². The van der Waals surface area contributed by atoms with Crippen LogP contribution in [0.3, 0.4) is 0 Å². The molecule has 0 atom stereocenters. The lowest BCUT2D eigenvalue weighted by atomic mass is 9.95. The largest absolute Gasteiger partial charge is 0.397 e.